The van der Waals surface area contributed by atoms with Gasteiger partial charge < -0.3 is 14.8 Å². The van der Waals surface area contributed by atoms with Crippen LogP contribution in [0.2, 0.25) is 5.02 Å². The normalized spacial score (nSPS) is 14.7. The van der Waals surface area contributed by atoms with Gasteiger partial charge in [0.15, 0.2) is 9.84 Å². The van der Waals surface area contributed by atoms with Crippen LogP contribution >= 0.6 is 11.6 Å². The standard InChI is InChI=1S/C24H27ClFN3O2S/c1-4-29-16(2)24(32(3,30)31)22(23(29)17-5-7-19(25)8-6-17)18-13-20(26)15-21(14-18)28-11-9-27-10-12-28/h5-8,13-15,27H,4,9-12H2,1-3H3. The van der Waals surface area contributed by atoms with E-state index < -0.39 is 9.84 Å². The molecule has 2 aromatic carbocycles. The molecule has 1 aliphatic heterocycles. The van der Waals surface area contributed by atoms with E-state index >= 15 is 0 Å². The van der Waals surface area contributed by atoms with E-state index in [1.165, 1.54) is 18.4 Å². The van der Waals surface area contributed by atoms with E-state index in [4.69, 9.17) is 11.6 Å². The predicted octanol–water partition coefficient (Wildman–Crippen LogP) is 4.76. The lowest BCUT2D eigenvalue weighted by molar-refractivity contribution is 0.585. The molecule has 3 aromatic rings. The fraction of sp³-hybridized carbons (Fsp3) is 0.333. The number of anilines is 1. The zero-order valence-electron chi connectivity index (χ0n) is 18.5. The SMILES string of the molecule is CCn1c(C)c(S(C)(=O)=O)c(-c2cc(F)cc(N3CCNCC3)c2)c1-c1ccc(Cl)cc1. The van der Waals surface area contributed by atoms with Crippen molar-refractivity contribution in [3.8, 4) is 22.4 Å². The van der Waals surface area contributed by atoms with Gasteiger partial charge >= 0.3 is 0 Å². The molecule has 0 spiro atoms. The first kappa shape index (κ1) is 22.8. The summed E-state index contributed by atoms with van der Waals surface area (Å²) in [6.07, 6.45) is 1.21. The first-order valence-electron chi connectivity index (χ1n) is 10.7. The van der Waals surface area contributed by atoms with Gasteiger partial charge in [-0.05, 0) is 55.3 Å². The van der Waals surface area contributed by atoms with E-state index in [2.05, 4.69) is 10.2 Å². The van der Waals surface area contributed by atoms with Crippen LogP contribution in [0.1, 0.15) is 12.6 Å². The molecule has 1 aliphatic rings. The van der Waals surface area contributed by atoms with Crippen LogP contribution in [-0.4, -0.2) is 45.4 Å². The van der Waals surface area contributed by atoms with Crippen molar-refractivity contribution in [3.63, 3.8) is 0 Å². The molecule has 0 atom stereocenters. The first-order valence-corrected chi connectivity index (χ1v) is 12.9. The van der Waals surface area contributed by atoms with Gasteiger partial charge in [0.1, 0.15) is 5.82 Å². The van der Waals surface area contributed by atoms with Gasteiger partial charge in [0.25, 0.3) is 0 Å². The third-order valence-corrected chi connectivity index (χ3v) is 7.42. The summed E-state index contributed by atoms with van der Waals surface area (Å²) < 4.78 is 42.7. The van der Waals surface area contributed by atoms with Crippen LogP contribution in [0.15, 0.2) is 47.4 Å². The van der Waals surface area contributed by atoms with Crippen molar-refractivity contribution in [1.29, 1.82) is 0 Å². The molecule has 1 fully saturated rings. The average Bonchev–Trinajstić information content (AvgIpc) is 3.07. The Morgan fingerprint density at radius 1 is 1.06 bits per heavy atom. The largest absolute Gasteiger partial charge is 0.369 e. The Balaban J connectivity index is 2.03. The first-order chi connectivity index (χ1) is 15.2. The van der Waals surface area contributed by atoms with Crippen molar-refractivity contribution >= 4 is 27.1 Å². The number of rotatable bonds is 5. The summed E-state index contributed by atoms with van der Waals surface area (Å²) >= 11 is 6.10. The average molecular weight is 476 g/mol. The van der Waals surface area contributed by atoms with Crippen molar-refractivity contribution in [1.82, 2.24) is 9.88 Å². The minimum atomic E-state index is -3.58. The third kappa shape index (κ3) is 4.29. The van der Waals surface area contributed by atoms with Crippen LogP contribution in [0.25, 0.3) is 22.4 Å². The molecule has 2 heterocycles. The highest BCUT2D eigenvalue weighted by molar-refractivity contribution is 7.91. The zero-order chi connectivity index (χ0) is 23.0. The summed E-state index contributed by atoms with van der Waals surface area (Å²) in [5, 5.41) is 3.89. The number of hydrogen-bond donors (Lipinski definition) is 1. The molecule has 0 radical (unpaired) electrons. The van der Waals surface area contributed by atoms with Crippen LogP contribution in [0.4, 0.5) is 10.1 Å². The Hall–Kier alpha value is -2.35. The van der Waals surface area contributed by atoms with Gasteiger partial charge in [-0.1, -0.05) is 23.7 Å². The second-order valence-corrected chi connectivity index (χ2v) is 10.5. The molecule has 1 aromatic heterocycles. The second-order valence-electron chi connectivity index (χ2n) is 8.10. The van der Waals surface area contributed by atoms with Gasteiger partial charge in [0, 0.05) is 60.9 Å². The molecular formula is C24H27ClFN3O2S. The van der Waals surface area contributed by atoms with Crippen molar-refractivity contribution in [2.24, 2.45) is 0 Å². The summed E-state index contributed by atoms with van der Waals surface area (Å²) in [6, 6.07) is 12.1. The molecule has 0 amide bonds. The van der Waals surface area contributed by atoms with Gasteiger partial charge in [0.05, 0.1) is 10.6 Å². The molecule has 0 bridgehead atoms. The number of hydrogen-bond acceptors (Lipinski definition) is 4. The lowest BCUT2D eigenvalue weighted by Crippen LogP contribution is -2.43. The summed E-state index contributed by atoms with van der Waals surface area (Å²) in [5.74, 6) is -0.389. The summed E-state index contributed by atoms with van der Waals surface area (Å²) in [5.41, 5.74) is 4.06. The van der Waals surface area contributed by atoms with E-state index in [1.54, 1.807) is 19.1 Å². The Bertz CT molecular complexity index is 1250. The fourth-order valence-corrected chi connectivity index (χ4v) is 5.92. The van der Waals surface area contributed by atoms with E-state index in [1.807, 2.05) is 29.7 Å². The fourth-order valence-electron chi connectivity index (χ4n) is 4.56. The minimum Gasteiger partial charge on any atom is -0.369 e. The minimum absolute atomic E-state index is 0.237. The molecule has 0 unspecified atom stereocenters. The lowest BCUT2D eigenvalue weighted by atomic mass is 10.00. The van der Waals surface area contributed by atoms with E-state index in [-0.39, 0.29) is 10.7 Å². The van der Waals surface area contributed by atoms with Crippen molar-refractivity contribution in [2.75, 3.05) is 37.3 Å². The number of nitrogens with zero attached hydrogens (tertiary/aromatic N) is 2. The third-order valence-electron chi connectivity index (χ3n) is 5.93. The smallest absolute Gasteiger partial charge is 0.177 e. The number of nitrogens with one attached hydrogen (secondary N) is 1. The molecule has 170 valence electrons. The molecule has 1 N–H and O–H groups in total. The van der Waals surface area contributed by atoms with Crippen molar-refractivity contribution in [2.45, 2.75) is 25.3 Å². The monoisotopic (exact) mass is 475 g/mol. The number of aromatic nitrogens is 1. The van der Waals surface area contributed by atoms with E-state index in [9.17, 15) is 12.8 Å². The Morgan fingerprint density at radius 3 is 2.31 bits per heavy atom. The molecule has 0 aliphatic carbocycles. The highest BCUT2D eigenvalue weighted by Crippen LogP contribution is 2.43. The predicted molar refractivity (Wildman–Crippen MR) is 129 cm³/mol. The lowest BCUT2D eigenvalue weighted by Gasteiger charge is -2.30. The van der Waals surface area contributed by atoms with Crippen LogP contribution in [-0.2, 0) is 16.4 Å². The van der Waals surface area contributed by atoms with Gasteiger partial charge in [-0.2, -0.15) is 0 Å². The summed E-state index contributed by atoms with van der Waals surface area (Å²) in [4.78, 5) is 2.36. The molecule has 4 rings (SSSR count). The van der Waals surface area contributed by atoms with Gasteiger partial charge in [0.2, 0.25) is 0 Å². The maximum absolute atomic E-state index is 14.9. The Labute approximate surface area is 193 Å². The van der Waals surface area contributed by atoms with Crippen molar-refractivity contribution < 1.29 is 12.8 Å². The van der Waals surface area contributed by atoms with Gasteiger partial charge in [-0.25, -0.2) is 12.8 Å². The van der Waals surface area contributed by atoms with Crippen molar-refractivity contribution in [3.05, 3.63) is 59.0 Å². The number of halogens is 2. The quantitative estimate of drug-likeness (QED) is 0.578. The van der Waals surface area contributed by atoms with Gasteiger partial charge in [-0.15, -0.1) is 0 Å². The second kappa shape index (κ2) is 8.89. The highest BCUT2D eigenvalue weighted by Gasteiger charge is 2.29. The Kier molecular flexibility index (Phi) is 6.34. The molecule has 1 saturated heterocycles. The molecule has 32 heavy (non-hydrogen) atoms. The molecule has 5 nitrogen and oxygen atoms in total. The van der Waals surface area contributed by atoms with E-state index in [0.717, 1.165) is 43.1 Å². The molecule has 8 heteroatoms. The van der Waals surface area contributed by atoms with Crippen LogP contribution < -0.4 is 10.2 Å². The number of sulfone groups is 1. The van der Waals surface area contributed by atoms with Crippen LogP contribution in [0, 0.1) is 12.7 Å². The maximum atomic E-state index is 14.9. The zero-order valence-corrected chi connectivity index (χ0v) is 20.0. The van der Waals surface area contributed by atoms with E-state index in [0.29, 0.717) is 28.4 Å². The summed E-state index contributed by atoms with van der Waals surface area (Å²) in [7, 11) is -3.58. The van der Waals surface area contributed by atoms with Crippen LogP contribution in [0.3, 0.4) is 0 Å². The number of benzene rings is 2. The highest BCUT2D eigenvalue weighted by atomic mass is 35.5. The Morgan fingerprint density at radius 2 is 1.72 bits per heavy atom. The van der Waals surface area contributed by atoms with Crippen LogP contribution in [0.5, 0.6) is 0 Å². The van der Waals surface area contributed by atoms with Gasteiger partial charge in [-0.3, -0.25) is 0 Å². The maximum Gasteiger partial charge on any atom is 0.177 e. The topological polar surface area (TPSA) is 54.3 Å². The molecular weight excluding hydrogens is 449 g/mol. The summed E-state index contributed by atoms with van der Waals surface area (Å²) in [6.45, 7) is 7.52. The molecule has 0 saturated carbocycles. The number of piperazine rings is 1.